The van der Waals surface area contributed by atoms with E-state index in [-0.39, 0.29) is 23.6 Å². The molecule has 3 nitrogen and oxygen atoms in total. The highest BCUT2D eigenvalue weighted by atomic mass is 16.5. The number of rotatable bonds is 0. The van der Waals surface area contributed by atoms with Crippen molar-refractivity contribution in [3.8, 4) is 0 Å². The number of aliphatic hydroxyl groups excluding tert-OH is 1. The molecule has 0 aromatic rings. The molecule has 0 spiro atoms. The molecule has 1 aliphatic heterocycles. The number of aliphatic hydroxyl groups is 1. The molecule has 0 aromatic heterocycles. The van der Waals surface area contributed by atoms with Crippen molar-refractivity contribution >= 4 is 5.97 Å². The van der Waals surface area contributed by atoms with E-state index in [1.54, 1.807) is 0 Å². The minimum absolute atomic E-state index is 0.0150. The van der Waals surface area contributed by atoms with Gasteiger partial charge >= 0.3 is 5.97 Å². The highest BCUT2D eigenvalue weighted by molar-refractivity contribution is 5.91. The van der Waals surface area contributed by atoms with Gasteiger partial charge in [-0.3, -0.25) is 0 Å². The third kappa shape index (κ3) is 1.56. The van der Waals surface area contributed by atoms with Crippen LogP contribution >= 0.6 is 0 Å². The van der Waals surface area contributed by atoms with Crippen molar-refractivity contribution in [2.24, 2.45) is 17.3 Å². The number of hydrogen-bond donors (Lipinski definition) is 1. The number of carbonyl (C=O) groups is 1. The normalized spacial score (nSPS) is 47.7. The molecule has 0 aromatic carbocycles. The molecule has 0 bridgehead atoms. The minimum Gasteiger partial charge on any atom is -0.454 e. The zero-order valence-electron chi connectivity index (χ0n) is 11.4. The lowest BCUT2D eigenvalue weighted by atomic mass is 9.55. The second-order valence-corrected chi connectivity index (χ2v) is 6.68. The summed E-state index contributed by atoms with van der Waals surface area (Å²) < 4.78 is 5.48. The van der Waals surface area contributed by atoms with Gasteiger partial charge in [0.1, 0.15) is 6.10 Å². The van der Waals surface area contributed by atoms with Crippen LogP contribution in [0.15, 0.2) is 11.1 Å². The molecular weight excluding hydrogens is 228 g/mol. The Morgan fingerprint density at radius 1 is 1.44 bits per heavy atom. The number of carbonyl (C=O) groups excluding carboxylic acids is 1. The Hall–Kier alpha value is -0.830. The molecule has 0 radical (unpaired) electrons. The predicted octanol–water partition coefficient (Wildman–Crippen LogP) is 2.44. The largest absolute Gasteiger partial charge is 0.454 e. The Bertz CT molecular complexity index is 425. The first-order chi connectivity index (χ1) is 8.42. The van der Waals surface area contributed by atoms with Crippen LogP contribution in [0.1, 0.15) is 46.5 Å². The summed E-state index contributed by atoms with van der Waals surface area (Å²) in [6.45, 7) is 6.34. The quantitative estimate of drug-likeness (QED) is 0.672. The fraction of sp³-hybridized carbons (Fsp3) is 0.800. The molecule has 5 atom stereocenters. The molecule has 1 N–H and O–H groups in total. The Morgan fingerprint density at radius 3 is 2.89 bits per heavy atom. The summed E-state index contributed by atoms with van der Waals surface area (Å²) in [4.78, 5) is 11.7. The highest BCUT2D eigenvalue weighted by Crippen LogP contribution is 2.55. The molecule has 2 aliphatic carbocycles. The van der Waals surface area contributed by atoms with Crippen LogP contribution < -0.4 is 0 Å². The summed E-state index contributed by atoms with van der Waals surface area (Å²) in [6.07, 6.45) is 3.63. The van der Waals surface area contributed by atoms with Gasteiger partial charge < -0.3 is 9.84 Å². The molecule has 3 heteroatoms. The first kappa shape index (κ1) is 12.2. The van der Waals surface area contributed by atoms with Crippen molar-refractivity contribution in [2.75, 3.05) is 0 Å². The van der Waals surface area contributed by atoms with Crippen LogP contribution in [0.4, 0.5) is 0 Å². The van der Waals surface area contributed by atoms with Gasteiger partial charge in [0, 0.05) is 5.57 Å². The van der Waals surface area contributed by atoms with Gasteiger partial charge in [0.15, 0.2) is 0 Å². The van der Waals surface area contributed by atoms with Crippen LogP contribution in [0.25, 0.3) is 0 Å². The third-order valence-electron chi connectivity index (χ3n) is 5.67. The zero-order valence-corrected chi connectivity index (χ0v) is 11.4. The van der Waals surface area contributed by atoms with E-state index in [0.717, 1.165) is 31.3 Å². The van der Waals surface area contributed by atoms with Crippen molar-refractivity contribution in [2.45, 2.75) is 58.7 Å². The van der Waals surface area contributed by atoms with Gasteiger partial charge in [-0.1, -0.05) is 13.8 Å². The highest BCUT2D eigenvalue weighted by Gasteiger charge is 2.52. The Kier molecular flexibility index (Phi) is 2.60. The number of esters is 1. The molecule has 0 amide bonds. The second kappa shape index (κ2) is 3.83. The van der Waals surface area contributed by atoms with E-state index >= 15 is 0 Å². The lowest BCUT2D eigenvalue weighted by Gasteiger charge is -2.51. The predicted molar refractivity (Wildman–Crippen MR) is 67.8 cm³/mol. The molecule has 100 valence electrons. The third-order valence-corrected chi connectivity index (χ3v) is 5.67. The first-order valence-corrected chi connectivity index (χ1v) is 7.01. The first-order valence-electron chi connectivity index (χ1n) is 7.01. The maximum absolute atomic E-state index is 11.7. The second-order valence-electron chi connectivity index (χ2n) is 6.68. The Morgan fingerprint density at radius 2 is 2.17 bits per heavy atom. The zero-order chi connectivity index (χ0) is 13.1. The van der Waals surface area contributed by atoms with Crippen molar-refractivity contribution in [3.63, 3.8) is 0 Å². The van der Waals surface area contributed by atoms with E-state index < -0.39 is 0 Å². The van der Waals surface area contributed by atoms with Crippen molar-refractivity contribution in [1.29, 1.82) is 0 Å². The van der Waals surface area contributed by atoms with Crippen LogP contribution in [0, 0.1) is 17.3 Å². The Labute approximate surface area is 108 Å². The van der Waals surface area contributed by atoms with Gasteiger partial charge in [0.05, 0.1) is 6.10 Å². The van der Waals surface area contributed by atoms with Crippen LogP contribution in [0.3, 0.4) is 0 Å². The fourth-order valence-corrected chi connectivity index (χ4v) is 4.29. The van der Waals surface area contributed by atoms with Crippen LogP contribution in [0.5, 0.6) is 0 Å². The Balaban J connectivity index is 1.94. The van der Waals surface area contributed by atoms with Gasteiger partial charge in [0.25, 0.3) is 0 Å². The molecule has 18 heavy (non-hydrogen) atoms. The summed E-state index contributed by atoms with van der Waals surface area (Å²) in [5.74, 6) is 0.670. The maximum atomic E-state index is 11.7. The molecule has 0 unspecified atom stereocenters. The number of ether oxygens (including phenoxy) is 1. The fourth-order valence-electron chi connectivity index (χ4n) is 4.29. The van der Waals surface area contributed by atoms with E-state index in [9.17, 15) is 9.90 Å². The smallest absolute Gasteiger partial charge is 0.334 e. The topological polar surface area (TPSA) is 46.5 Å². The SMILES string of the molecule is CC1=C2C[C@@H]3[C@@H](C)[C@@H](O)CC[C@]3(C)C[C@@H]2OC1=O. The van der Waals surface area contributed by atoms with Gasteiger partial charge in [0.2, 0.25) is 0 Å². The van der Waals surface area contributed by atoms with Gasteiger partial charge in [-0.05, 0) is 55.4 Å². The van der Waals surface area contributed by atoms with E-state index in [1.165, 1.54) is 5.57 Å². The van der Waals surface area contributed by atoms with E-state index in [0.29, 0.717) is 11.8 Å². The lowest BCUT2D eigenvalue weighted by Crippen LogP contribution is -2.48. The summed E-state index contributed by atoms with van der Waals surface area (Å²) in [6, 6.07) is 0. The number of fused-ring (bicyclic) bond motifs is 2. The summed E-state index contributed by atoms with van der Waals surface area (Å²) in [5, 5.41) is 10.1. The molecule has 0 saturated heterocycles. The van der Waals surface area contributed by atoms with Crippen LogP contribution in [-0.2, 0) is 9.53 Å². The van der Waals surface area contributed by atoms with Crippen molar-refractivity contribution < 1.29 is 14.6 Å². The summed E-state index contributed by atoms with van der Waals surface area (Å²) >= 11 is 0. The van der Waals surface area contributed by atoms with E-state index in [2.05, 4.69) is 13.8 Å². The van der Waals surface area contributed by atoms with Gasteiger partial charge in [-0.25, -0.2) is 4.79 Å². The molecule has 2 fully saturated rings. The number of hydrogen-bond acceptors (Lipinski definition) is 3. The van der Waals surface area contributed by atoms with Crippen LogP contribution in [0.2, 0.25) is 0 Å². The summed E-state index contributed by atoms with van der Waals surface area (Å²) in [7, 11) is 0. The molecule has 3 aliphatic rings. The van der Waals surface area contributed by atoms with Crippen molar-refractivity contribution in [3.05, 3.63) is 11.1 Å². The van der Waals surface area contributed by atoms with Gasteiger partial charge in [-0.2, -0.15) is 0 Å². The molecule has 2 saturated carbocycles. The maximum Gasteiger partial charge on any atom is 0.334 e. The molecular formula is C15H22O3. The van der Waals surface area contributed by atoms with Crippen LogP contribution in [-0.4, -0.2) is 23.3 Å². The average Bonchev–Trinajstić information content (AvgIpc) is 2.58. The van der Waals surface area contributed by atoms with E-state index in [1.807, 2.05) is 6.92 Å². The summed E-state index contributed by atoms with van der Waals surface area (Å²) in [5.41, 5.74) is 2.23. The van der Waals surface area contributed by atoms with E-state index in [4.69, 9.17) is 4.74 Å². The monoisotopic (exact) mass is 250 g/mol. The molecule has 3 rings (SSSR count). The van der Waals surface area contributed by atoms with Crippen molar-refractivity contribution in [1.82, 2.24) is 0 Å². The minimum atomic E-state index is -0.182. The van der Waals surface area contributed by atoms with Gasteiger partial charge in [-0.15, -0.1) is 0 Å². The average molecular weight is 250 g/mol. The molecule has 1 heterocycles. The standard InChI is InChI=1S/C15H22O3/c1-8-10-6-11-9(2)12(16)4-5-15(11,3)7-13(10)18-14(8)17/h9,11-13,16H,4-7H2,1-3H3/t9-,11-,12+,13+,15-/m1/s1. The lowest BCUT2D eigenvalue weighted by molar-refractivity contribution is -0.143.